The lowest BCUT2D eigenvalue weighted by Crippen LogP contribution is -2.27. The van der Waals surface area contributed by atoms with Gasteiger partial charge in [-0.15, -0.1) is 0 Å². The number of rotatable bonds is 4. The Bertz CT molecular complexity index is 517. The van der Waals surface area contributed by atoms with E-state index in [0.717, 1.165) is 31.6 Å². The Hall–Kier alpha value is -1.02. The largest absolute Gasteiger partial charge is 0.493 e. The number of ether oxygens (including phenoxy) is 1. The van der Waals surface area contributed by atoms with Crippen LogP contribution in [0.25, 0.3) is 0 Å². The summed E-state index contributed by atoms with van der Waals surface area (Å²) in [5, 5.41) is 0. The first-order chi connectivity index (χ1) is 9.73. The predicted octanol–water partition coefficient (Wildman–Crippen LogP) is 4.84. The summed E-state index contributed by atoms with van der Waals surface area (Å²) >= 11 is 0. The highest BCUT2D eigenvalue weighted by atomic mass is 16.5. The third kappa shape index (κ3) is 2.96. The van der Waals surface area contributed by atoms with Crippen molar-refractivity contribution in [2.24, 2.45) is 5.73 Å². The summed E-state index contributed by atoms with van der Waals surface area (Å²) in [4.78, 5) is 0. The van der Waals surface area contributed by atoms with Gasteiger partial charge in [-0.1, -0.05) is 47.6 Å². The summed E-state index contributed by atoms with van der Waals surface area (Å²) in [6, 6.07) is 4.76. The van der Waals surface area contributed by atoms with Crippen LogP contribution in [0.2, 0.25) is 0 Å². The Morgan fingerprint density at radius 1 is 1.10 bits per heavy atom. The fraction of sp³-hybridized carbons (Fsp3) is 0.684. The zero-order chi connectivity index (χ0) is 15.8. The first-order valence-corrected chi connectivity index (χ1v) is 8.30. The monoisotopic (exact) mass is 289 g/mol. The molecular formula is C19H31NO. The van der Waals surface area contributed by atoms with Crippen molar-refractivity contribution in [2.75, 3.05) is 6.61 Å². The summed E-state index contributed by atoms with van der Waals surface area (Å²) in [7, 11) is 0. The van der Waals surface area contributed by atoms with Crippen molar-refractivity contribution >= 4 is 0 Å². The number of nitrogens with two attached hydrogens (primary N) is 1. The lowest BCUT2D eigenvalue weighted by molar-refractivity contribution is 0.259. The van der Waals surface area contributed by atoms with E-state index in [2.05, 4.69) is 53.7 Å². The van der Waals surface area contributed by atoms with Gasteiger partial charge in [-0.05, 0) is 35.3 Å². The molecule has 21 heavy (non-hydrogen) atoms. The molecule has 2 heteroatoms. The van der Waals surface area contributed by atoms with Gasteiger partial charge in [-0.25, -0.2) is 0 Å². The normalized spacial score (nSPS) is 19.1. The quantitative estimate of drug-likeness (QED) is 0.860. The second-order valence-corrected chi connectivity index (χ2v) is 7.66. The van der Waals surface area contributed by atoms with Crippen LogP contribution < -0.4 is 10.5 Å². The smallest absolute Gasteiger partial charge is 0.127 e. The van der Waals surface area contributed by atoms with Crippen LogP contribution >= 0.6 is 0 Å². The molecule has 0 aromatic heterocycles. The molecule has 2 nitrogen and oxygen atoms in total. The van der Waals surface area contributed by atoms with Gasteiger partial charge in [0, 0.05) is 23.6 Å². The second kappa shape index (κ2) is 5.64. The minimum atomic E-state index is 0.104. The standard InChI is InChI=1S/C19H31NO/c1-7-18(3,4)13-11-14-16(20)9-10-21-17(14)15(12-13)19(5,6)8-2/h11-12,16H,7-10,20H2,1-6H3/t16-/m1/s1. The molecule has 1 aliphatic rings. The van der Waals surface area contributed by atoms with Crippen molar-refractivity contribution in [3.8, 4) is 5.75 Å². The molecule has 0 saturated carbocycles. The first-order valence-electron chi connectivity index (χ1n) is 8.30. The van der Waals surface area contributed by atoms with E-state index >= 15 is 0 Å². The summed E-state index contributed by atoms with van der Waals surface area (Å²) in [6.07, 6.45) is 3.12. The molecule has 0 spiro atoms. The third-order valence-corrected chi connectivity index (χ3v) is 5.47. The predicted molar refractivity (Wildman–Crippen MR) is 90.1 cm³/mol. The SMILES string of the molecule is CCC(C)(C)c1cc2c(c(C(C)(C)CC)c1)OCC[C@H]2N. The molecule has 1 aliphatic heterocycles. The molecular weight excluding hydrogens is 258 g/mol. The van der Waals surface area contributed by atoms with Gasteiger partial charge in [0.1, 0.15) is 5.75 Å². The van der Waals surface area contributed by atoms with Gasteiger partial charge in [0.2, 0.25) is 0 Å². The molecule has 1 aromatic carbocycles. The highest BCUT2D eigenvalue weighted by molar-refractivity contribution is 5.52. The van der Waals surface area contributed by atoms with Crippen molar-refractivity contribution in [3.05, 3.63) is 28.8 Å². The van der Waals surface area contributed by atoms with Crippen LogP contribution in [0, 0.1) is 0 Å². The maximum atomic E-state index is 6.37. The Kier molecular flexibility index (Phi) is 4.39. The highest BCUT2D eigenvalue weighted by Gasteiger charge is 2.31. The summed E-state index contributed by atoms with van der Waals surface area (Å²) in [5.74, 6) is 1.05. The van der Waals surface area contributed by atoms with Crippen molar-refractivity contribution in [1.82, 2.24) is 0 Å². The zero-order valence-electron chi connectivity index (χ0n) is 14.5. The molecule has 1 heterocycles. The van der Waals surface area contributed by atoms with Crippen LogP contribution in [0.15, 0.2) is 12.1 Å². The third-order valence-electron chi connectivity index (χ3n) is 5.47. The van der Waals surface area contributed by atoms with E-state index in [1.165, 1.54) is 16.7 Å². The van der Waals surface area contributed by atoms with Gasteiger partial charge in [0.25, 0.3) is 0 Å². The van der Waals surface area contributed by atoms with Crippen LogP contribution in [-0.2, 0) is 10.8 Å². The Morgan fingerprint density at radius 3 is 2.29 bits per heavy atom. The molecule has 0 radical (unpaired) electrons. The van der Waals surface area contributed by atoms with E-state index in [9.17, 15) is 0 Å². The maximum Gasteiger partial charge on any atom is 0.127 e. The maximum absolute atomic E-state index is 6.37. The average Bonchev–Trinajstić information content (AvgIpc) is 2.46. The molecule has 0 aliphatic carbocycles. The van der Waals surface area contributed by atoms with E-state index in [-0.39, 0.29) is 16.9 Å². The Balaban J connectivity index is 2.68. The van der Waals surface area contributed by atoms with E-state index in [1.54, 1.807) is 0 Å². The van der Waals surface area contributed by atoms with E-state index in [4.69, 9.17) is 10.5 Å². The lowest BCUT2D eigenvalue weighted by Gasteiger charge is -2.35. The Labute approximate surface area is 130 Å². The molecule has 0 unspecified atom stereocenters. The van der Waals surface area contributed by atoms with Crippen LogP contribution in [0.3, 0.4) is 0 Å². The molecule has 0 amide bonds. The summed E-state index contributed by atoms with van der Waals surface area (Å²) < 4.78 is 6.03. The van der Waals surface area contributed by atoms with Gasteiger partial charge < -0.3 is 10.5 Å². The number of hydrogen-bond acceptors (Lipinski definition) is 2. The van der Waals surface area contributed by atoms with E-state index in [0.29, 0.717) is 0 Å². The second-order valence-electron chi connectivity index (χ2n) is 7.66. The average molecular weight is 289 g/mol. The molecule has 0 bridgehead atoms. The minimum absolute atomic E-state index is 0.104. The lowest BCUT2D eigenvalue weighted by atomic mass is 9.74. The van der Waals surface area contributed by atoms with Crippen LogP contribution in [-0.4, -0.2) is 6.61 Å². The van der Waals surface area contributed by atoms with Gasteiger partial charge in [0.15, 0.2) is 0 Å². The summed E-state index contributed by atoms with van der Waals surface area (Å²) in [6.45, 7) is 14.5. The fourth-order valence-corrected chi connectivity index (χ4v) is 2.82. The summed E-state index contributed by atoms with van der Waals surface area (Å²) in [5.41, 5.74) is 10.6. The van der Waals surface area contributed by atoms with Gasteiger partial charge in [-0.2, -0.15) is 0 Å². The van der Waals surface area contributed by atoms with Crippen molar-refractivity contribution in [1.29, 1.82) is 0 Å². The number of hydrogen-bond donors (Lipinski definition) is 1. The van der Waals surface area contributed by atoms with Crippen LogP contribution in [0.4, 0.5) is 0 Å². The van der Waals surface area contributed by atoms with Crippen molar-refractivity contribution < 1.29 is 4.74 Å². The molecule has 118 valence electrons. The van der Waals surface area contributed by atoms with Gasteiger partial charge in [-0.3, -0.25) is 0 Å². The molecule has 0 fully saturated rings. The zero-order valence-corrected chi connectivity index (χ0v) is 14.5. The van der Waals surface area contributed by atoms with Crippen molar-refractivity contribution in [2.45, 2.75) is 77.7 Å². The fourth-order valence-electron chi connectivity index (χ4n) is 2.82. The van der Waals surface area contributed by atoms with E-state index in [1.807, 2.05) is 0 Å². The molecule has 2 rings (SSSR count). The minimum Gasteiger partial charge on any atom is -0.493 e. The molecule has 1 aromatic rings. The molecule has 2 N–H and O–H groups in total. The van der Waals surface area contributed by atoms with Gasteiger partial charge >= 0.3 is 0 Å². The van der Waals surface area contributed by atoms with Crippen LogP contribution in [0.1, 0.15) is 83.5 Å². The molecule has 0 saturated heterocycles. The topological polar surface area (TPSA) is 35.2 Å². The highest BCUT2D eigenvalue weighted by Crippen LogP contribution is 2.44. The van der Waals surface area contributed by atoms with Gasteiger partial charge in [0.05, 0.1) is 6.61 Å². The molecule has 1 atom stereocenters. The van der Waals surface area contributed by atoms with Crippen molar-refractivity contribution in [3.63, 3.8) is 0 Å². The van der Waals surface area contributed by atoms with Crippen LogP contribution in [0.5, 0.6) is 5.75 Å². The number of benzene rings is 1. The number of fused-ring (bicyclic) bond motifs is 1. The Morgan fingerprint density at radius 2 is 1.71 bits per heavy atom. The van der Waals surface area contributed by atoms with E-state index < -0.39 is 0 Å². The first kappa shape index (κ1) is 16.4.